The molecule has 0 aromatic carbocycles. The zero-order chi connectivity index (χ0) is 13.6. The van der Waals surface area contributed by atoms with E-state index in [1.54, 1.807) is 0 Å². The summed E-state index contributed by atoms with van der Waals surface area (Å²) < 4.78 is 6.36. The Morgan fingerprint density at radius 3 is 1.65 bits per heavy atom. The van der Waals surface area contributed by atoms with Crippen LogP contribution in [-0.2, 0) is 4.43 Å². The Hall–Kier alpha value is -0.423. The Bertz CT molecular complexity index is 220. The number of hydrogen-bond donors (Lipinski definition) is 1. The normalized spacial score (nSPS) is 15.4. The molecule has 0 saturated carbocycles. The minimum Gasteiger partial charge on any atom is -0.414 e. The molecule has 0 aromatic rings. The lowest BCUT2D eigenvalue weighted by molar-refractivity contribution is 0.257. The van der Waals surface area contributed by atoms with Gasteiger partial charge in [0.1, 0.15) is 0 Å². The standard InChI is InChI=1S/C12H29N3OSi/c1-9(2)17(10(3)4,11(5)6)16-8-12(7)14-15-13/h9-12H,8H2,1-7H3,(H2,13,14). The van der Waals surface area contributed by atoms with Gasteiger partial charge in [0.2, 0.25) is 0 Å². The van der Waals surface area contributed by atoms with Crippen molar-refractivity contribution in [1.82, 2.24) is 0 Å². The summed E-state index contributed by atoms with van der Waals surface area (Å²) in [5.74, 6) is 5.06. The van der Waals surface area contributed by atoms with E-state index < -0.39 is 8.32 Å². The molecule has 0 aromatic heterocycles. The van der Waals surface area contributed by atoms with Crippen molar-refractivity contribution in [3.05, 3.63) is 0 Å². The second-order valence-corrected chi connectivity index (χ2v) is 11.2. The van der Waals surface area contributed by atoms with Crippen LogP contribution in [-0.4, -0.2) is 21.0 Å². The lowest BCUT2D eigenvalue weighted by Gasteiger charge is -2.42. The van der Waals surface area contributed by atoms with Crippen LogP contribution in [0, 0.1) is 0 Å². The van der Waals surface area contributed by atoms with Crippen molar-refractivity contribution in [2.45, 2.75) is 71.1 Å². The molecule has 0 radical (unpaired) electrons. The number of nitrogens with zero attached hydrogens (tertiary/aromatic N) is 2. The van der Waals surface area contributed by atoms with Gasteiger partial charge < -0.3 is 10.3 Å². The fraction of sp³-hybridized carbons (Fsp3) is 1.00. The third-order valence-electron chi connectivity index (χ3n) is 3.55. The first-order valence-electron chi connectivity index (χ1n) is 6.52. The van der Waals surface area contributed by atoms with Crippen LogP contribution >= 0.6 is 0 Å². The third-order valence-corrected chi connectivity index (χ3v) is 9.63. The maximum absolute atomic E-state index is 6.36. The van der Waals surface area contributed by atoms with E-state index in [9.17, 15) is 0 Å². The first-order chi connectivity index (χ1) is 7.78. The smallest absolute Gasteiger partial charge is 0.200 e. The van der Waals surface area contributed by atoms with Gasteiger partial charge in [-0.15, -0.1) is 0 Å². The predicted octanol–water partition coefficient (Wildman–Crippen LogP) is 3.89. The molecule has 0 bridgehead atoms. The van der Waals surface area contributed by atoms with Crippen molar-refractivity contribution in [3.8, 4) is 0 Å². The Balaban J connectivity index is 4.81. The molecular weight excluding hydrogens is 230 g/mol. The zero-order valence-electron chi connectivity index (χ0n) is 12.4. The van der Waals surface area contributed by atoms with Crippen molar-refractivity contribution < 1.29 is 4.43 Å². The highest BCUT2D eigenvalue weighted by Gasteiger charge is 2.45. The Morgan fingerprint density at radius 1 is 0.941 bits per heavy atom. The molecule has 0 aliphatic rings. The maximum atomic E-state index is 6.36. The van der Waals surface area contributed by atoms with E-state index in [0.29, 0.717) is 23.2 Å². The summed E-state index contributed by atoms with van der Waals surface area (Å²) in [6.07, 6.45) is 0. The van der Waals surface area contributed by atoms with Gasteiger partial charge in [-0.3, -0.25) is 0 Å². The van der Waals surface area contributed by atoms with E-state index in [1.807, 2.05) is 6.92 Å². The van der Waals surface area contributed by atoms with Crippen molar-refractivity contribution in [2.24, 2.45) is 16.2 Å². The first-order valence-corrected chi connectivity index (χ1v) is 8.67. The molecule has 0 heterocycles. The number of hydrogen-bond acceptors (Lipinski definition) is 3. The second-order valence-electron chi connectivity index (χ2n) is 5.71. The number of nitrogens with two attached hydrogens (primary N) is 1. The van der Waals surface area contributed by atoms with Gasteiger partial charge in [-0.1, -0.05) is 46.8 Å². The molecule has 0 fully saturated rings. The quantitative estimate of drug-likeness (QED) is 0.326. The summed E-state index contributed by atoms with van der Waals surface area (Å²) in [5.41, 5.74) is 1.80. The summed E-state index contributed by atoms with van der Waals surface area (Å²) in [6.45, 7) is 16.3. The Kier molecular flexibility index (Phi) is 6.93. The van der Waals surface area contributed by atoms with Gasteiger partial charge in [0.25, 0.3) is 0 Å². The van der Waals surface area contributed by atoms with Crippen LogP contribution in [0.3, 0.4) is 0 Å². The van der Waals surface area contributed by atoms with Crippen LogP contribution in [0.4, 0.5) is 0 Å². The zero-order valence-corrected chi connectivity index (χ0v) is 13.4. The summed E-state index contributed by atoms with van der Waals surface area (Å²) in [5, 5.41) is 7.24. The van der Waals surface area contributed by atoms with E-state index in [2.05, 4.69) is 51.9 Å². The van der Waals surface area contributed by atoms with E-state index >= 15 is 0 Å². The molecular formula is C12H29N3OSi. The van der Waals surface area contributed by atoms with Crippen molar-refractivity contribution in [3.63, 3.8) is 0 Å². The SMILES string of the molecule is CC(CO[Si](C(C)C)(C(C)C)C(C)C)N=NN. The van der Waals surface area contributed by atoms with E-state index in [0.717, 1.165) is 0 Å². The highest BCUT2D eigenvalue weighted by atomic mass is 28.4. The summed E-state index contributed by atoms with van der Waals surface area (Å²) in [7, 11) is -1.76. The summed E-state index contributed by atoms with van der Waals surface area (Å²) in [6, 6.07) is 0.0446. The minimum absolute atomic E-state index is 0.0446. The monoisotopic (exact) mass is 259 g/mol. The number of rotatable bonds is 7. The molecule has 17 heavy (non-hydrogen) atoms. The lowest BCUT2D eigenvalue weighted by atomic mass is 10.4. The van der Waals surface area contributed by atoms with E-state index in [4.69, 9.17) is 10.3 Å². The van der Waals surface area contributed by atoms with Crippen molar-refractivity contribution in [2.75, 3.05) is 6.61 Å². The van der Waals surface area contributed by atoms with Gasteiger partial charge in [-0.25, -0.2) is 0 Å². The topological polar surface area (TPSA) is 60.0 Å². The molecule has 5 heteroatoms. The molecule has 0 aliphatic heterocycles. The van der Waals surface area contributed by atoms with Crippen LogP contribution in [0.5, 0.6) is 0 Å². The molecule has 0 spiro atoms. The van der Waals surface area contributed by atoms with Gasteiger partial charge in [0.05, 0.1) is 12.6 Å². The molecule has 0 aliphatic carbocycles. The van der Waals surface area contributed by atoms with Gasteiger partial charge in [-0.05, 0) is 23.5 Å². The average molecular weight is 259 g/mol. The molecule has 102 valence electrons. The summed E-state index contributed by atoms with van der Waals surface area (Å²) >= 11 is 0. The highest BCUT2D eigenvalue weighted by Crippen LogP contribution is 2.42. The van der Waals surface area contributed by atoms with Gasteiger partial charge in [-0.2, -0.15) is 5.11 Å². The van der Waals surface area contributed by atoms with Crippen LogP contribution in [0.25, 0.3) is 0 Å². The van der Waals surface area contributed by atoms with Crippen molar-refractivity contribution in [1.29, 1.82) is 0 Å². The Labute approximate surface area is 107 Å². The molecule has 1 atom stereocenters. The molecule has 2 N–H and O–H groups in total. The van der Waals surface area contributed by atoms with E-state index in [-0.39, 0.29) is 6.04 Å². The molecule has 0 amide bonds. The summed E-state index contributed by atoms with van der Waals surface area (Å²) in [4.78, 5) is 0. The van der Waals surface area contributed by atoms with Crippen LogP contribution in [0.1, 0.15) is 48.5 Å². The van der Waals surface area contributed by atoms with Crippen LogP contribution < -0.4 is 5.84 Å². The fourth-order valence-corrected chi connectivity index (χ4v) is 8.44. The molecule has 4 nitrogen and oxygen atoms in total. The minimum atomic E-state index is -1.76. The first kappa shape index (κ1) is 16.6. The highest BCUT2D eigenvalue weighted by molar-refractivity contribution is 6.77. The second kappa shape index (κ2) is 7.11. The lowest BCUT2D eigenvalue weighted by Crippen LogP contribution is -2.48. The van der Waals surface area contributed by atoms with Gasteiger partial charge in [0, 0.05) is 0 Å². The molecule has 0 rings (SSSR count). The van der Waals surface area contributed by atoms with Crippen LogP contribution in [0.15, 0.2) is 10.3 Å². The Morgan fingerprint density at radius 2 is 1.35 bits per heavy atom. The van der Waals surface area contributed by atoms with Crippen molar-refractivity contribution >= 4 is 8.32 Å². The predicted molar refractivity (Wildman–Crippen MR) is 75.5 cm³/mol. The molecule has 0 saturated heterocycles. The largest absolute Gasteiger partial charge is 0.414 e. The van der Waals surface area contributed by atoms with Gasteiger partial charge >= 0.3 is 0 Å². The van der Waals surface area contributed by atoms with E-state index in [1.165, 1.54) is 0 Å². The third kappa shape index (κ3) is 4.07. The fourth-order valence-electron chi connectivity index (χ4n) is 2.91. The van der Waals surface area contributed by atoms with Crippen LogP contribution in [0.2, 0.25) is 16.6 Å². The maximum Gasteiger partial charge on any atom is 0.200 e. The molecule has 1 unspecified atom stereocenters. The van der Waals surface area contributed by atoms with Gasteiger partial charge in [0.15, 0.2) is 8.32 Å². The average Bonchev–Trinajstić information content (AvgIpc) is 2.17.